The van der Waals surface area contributed by atoms with E-state index < -0.39 is 11.7 Å². The maximum absolute atomic E-state index is 13.4. The van der Waals surface area contributed by atoms with Crippen molar-refractivity contribution in [3.05, 3.63) is 59.2 Å². The Bertz CT molecular complexity index is 825. The fraction of sp³-hybridized carbons (Fsp3) is 0.500. The molecule has 2 heterocycles. The molecule has 1 unspecified atom stereocenters. The van der Waals surface area contributed by atoms with Crippen LogP contribution >= 0.6 is 11.8 Å². The molecule has 0 spiro atoms. The van der Waals surface area contributed by atoms with Crippen LogP contribution in [0.3, 0.4) is 0 Å². The molecule has 29 heavy (non-hydrogen) atoms. The summed E-state index contributed by atoms with van der Waals surface area (Å²) in [6.45, 7) is 2.20. The Morgan fingerprint density at radius 3 is 2.69 bits per heavy atom. The van der Waals surface area contributed by atoms with Gasteiger partial charge in [0.05, 0.1) is 5.56 Å². The van der Waals surface area contributed by atoms with E-state index in [-0.39, 0.29) is 5.92 Å². The number of hydrogen-bond donors (Lipinski definition) is 1. The molecule has 2 aliphatic heterocycles. The van der Waals surface area contributed by atoms with Crippen LogP contribution in [0.4, 0.5) is 13.2 Å². The lowest BCUT2D eigenvalue weighted by atomic mass is 9.85. The maximum atomic E-state index is 13.4. The van der Waals surface area contributed by atoms with Crippen LogP contribution in [0, 0.1) is 5.92 Å². The Morgan fingerprint density at radius 2 is 1.83 bits per heavy atom. The van der Waals surface area contributed by atoms with Gasteiger partial charge in [0.25, 0.3) is 0 Å². The topological polar surface area (TPSA) is 12.0 Å². The van der Waals surface area contributed by atoms with Gasteiger partial charge in [-0.15, -0.1) is 0 Å². The van der Waals surface area contributed by atoms with Crippen molar-refractivity contribution in [2.24, 2.45) is 5.92 Å². The lowest BCUT2D eigenvalue weighted by molar-refractivity contribution is -0.137. The predicted molar refractivity (Wildman–Crippen MR) is 113 cm³/mol. The number of hydrogen-bond acceptors (Lipinski definition) is 2. The number of fused-ring (bicyclic) bond motifs is 2. The average Bonchev–Trinajstić information content (AvgIpc) is 3.04. The van der Waals surface area contributed by atoms with Gasteiger partial charge in [0.2, 0.25) is 0 Å². The zero-order valence-corrected chi connectivity index (χ0v) is 17.4. The van der Waals surface area contributed by atoms with Crippen molar-refractivity contribution < 1.29 is 13.2 Å². The first kappa shape index (κ1) is 20.8. The first-order valence-electron chi connectivity index (χ1n) is 10.7. The fourth-order valence-corrected chi connectivity index (χ4v) is 5.84. The molecule has 4 rings (SSSR count). The highest BCUT2D eigenvalue weighted by Crippen LogP contribution is 2.45. The molecule has 1 saturated heterocycles. The van der Waals surface area contributed by atoms with Gasteiger partial charge in [-0.3, -0.25) is 0 Å². The average molecular weight is 420 g/mol. The zero-order chi connectivity index (χ0) is 20.3. The number of alkyl halides is 3. The summed E-state index contributed by atoms with van der Waals surface area (Å²) in [6.07, 6.45) is 3.46. The molecular weight excluding hydrogens is 391 g/mol. The van der Waals surface area contributed by atoms with E-state index in [1.165, 1.54) is 48.3 Å². The van der Waals surface area contributed by atoms with E-state index in [9.17, 15) is 13.2 Å². The Kier molecular flexibility index (Phi) is 6.55. The van der Waals surface area contributed by atoms with Crippen LogP contribution in [-0.4, -0.2) is 13.1 Å². The van der Waals surface area contributed by atoms with Crippen LogP contribution in [0.5, 0.6) is 0 Å². The quantitative estimate of drug-likeness (QED) is 0.569. The largest absolute Gasteiger partial charge is 0.416 e. The first-order valence-corrected chi connectivity index (χ1v) is 11.5. The molecule has 1 nitrogen and oxygen atoms in total. The Morgan fingerprint density at radius 1 is 0.966 bits per heavy atom. The Labute approximate surface area is 175 Å². The summed E-state index contributed by atoms with van der Waals surface area (Å²) in [5.41, 5.74) is 1.61. The monoisotopic (exact) mass is 419 g/mol. The Balaban J connectivity index is 1.55. The van der Waals surface area contributed by atoms with E-state index in [1.54, 1.807) is 17.8 Å². The standard InChI is InChI=1S/C24H28F3NS/c25-24(26,27)20-10-11-23-21(16-20)18(15-19-7-1-2-9-22(19)29-23)8-3-5-17-6-4-13-28-14-12-17/h1-2,7,9-11,16-18,28H,3-6,8,12-15H2/t17?,18-/m1/s1. The molecule has 1 N–H and O–H groups in total. The second-order valence-electron chi connectivity index (χ2n) is 8.34. The fourth-order valence-electron chi connectivity index (χ4n) is 4.69. The van der Waals surface area contributed by atoms with Crippen molar-refractivity contribution in [3.8, 4) is 0 Å². The van der Waals surface area contributed by atoms with Crippen LogP contribution < -0.4 is 5.32 Å². The molecule has 0 saturated carbocycles. The lowest BCUT2D eigenvalue weighted by Gasteiger charge is -2.21. The van der Waals surface area contributed by atoms with Gasteiger partial charge in [-0.05, 0) is 92.4 Å². The highest BCUT2D eigenvalue weighted by atomic mass is 32.2. The third kappa shape index (κ3) is 5.18. The van der Waals surface area contributed by atoms with Crippen molar-refractivity contribution in [1.29, 1.82) is 0 Å². The van der Waals surface area contributed by atoms with Crippen molar-refractivity contribution >= 4 is 11.8 Å². The van der Waals surface area contributed by atoms with Gasteiger partial charge in [-0.1, -0.05) is 42.8 Å². The van der Waals surface area contributed by atoms with Crippen LogP contribution in [0.15, 0.2) is 52.3 Å². The molecule has 0 bridgehead atoms. The highest BCUT2D eigenvalue weighted by Gasteiger charge is 2.33. The summed E-state index contributed by atoms with van der Waals surface area (Å²) in [4.78, 5) is 2.15. The predicted octanol–water partition coefficient (Wildman–Crippen LogP) is 7.06. The maximum Gasteiger partial charge on any atom is 0.416 e. The van der Waals surface area contributed by atoms with Crippen molar-refractivity contribution in [1.82, 2.24) is 5.32 Å². The minimum Gasteiger partial charge on any atom is -0.317 e. The molecule has 2 aromatic carbocycles. The van der Waals surface area contributed by atoms with Gasteiger partial charge < -0.3 is 5.32 Å². The normalized spacial score (nSPS) is 22.3. The number of nitrogens with one attached hydrogen (secondary N) is 1. The third-order valence-electron chi connectivity index (χ3n) is 6.30. The SMILES string of the molecule is FC(F)(F)c1ccc2c(c1)[C@H](CCCC1CCCNCC1)Cc1ccccc1S2. The molecule has 1 fully saturated rings. The molecule has 0 amide bonds. The molecule has 0 aromatic heterocycles. The number of benzene rings is 2. The molecule has 0 aliphatic carbocycles. The summed E-state index contributed by atoms with van der Waals surface area (Å²) in [5, 5.41) is 3.46. The minimum atomic E-state index is -4.29. The van der Waals surface area contributed by atoms with Crippen molar-refractivity contribution in [3.63, 3.8) is 0 Å². The van der Waals surface area contributed by atoms with E-state index in [4.69, 9.17) is 0 Å². The summed E-state index contributed by atoms with van der Waals surface area (Å²) in [5.74, 6) is 0.894. The van der Waals surface area contributed by atoms with E-state index >= 15 is 0 Å². The minimum absolute atomic E-state index is 0.146. The third-order valence-corrected chi connectivity index (χ3v) is 7.51. The van der Waals surface area contributed by atoms with Crippen LogP contribution in [-0.2, 0) is 12.6 Å². The van der Waals surface area contributed by atoms with Gasteiger partial charge in [0.1, 0.15) is 0 Å². The van der Waals surface area contributed by atoms with Gasteiger partial charge in [-0.2, -0.15) is 13.2 Å². The molecule has 5 heteroatoms. The van der Waals surface area contributed by atoms with Crippen LogP contribution in [0.25, 0.3) is 0 Å². The van der Waals surface area contributed by atoms with E-state index in [0.29, 0.717) is 0 Å². The van der Waals surface area contributed by atoms with Crippen molar-refractivity contribution in [2.45, 2.75) is 66.8 Å². The molecule has 2 aliphatic rings. The number of halogens is 3. The van der Waals surface area contributed by atoms with Gasteiger partial charge in [-0.25, -0.2) is 0 Å². The van der Waals surface area contributed by atoms with E-state index in [2.05, 4.69) is 17.4 Å². The van der Waals surface area contributed by atoms with E-state index in [1.807, 2.05) is 12.1 Å². The lowest BCUT2D eigenvalue weighted by Crippen LogP contribution is -2.14. The van der Waals surface area contributed by atoms with Crippen molar-refractivity contribution in [2.75, 3.05) is 13.1 Å². The summed E-state index contributed by atoms with van der Waals surface area (Å²) >= 11 is 1.62. The smallest absolute Gasteiger partial charge is 0.317 e. The highest BCUT2D eigenvalue weighted by molar-refractivity contribution is 7.99. The molecular formula is C24H28F3NS. The zero-order valence-electron chi connectivity index (χ0n) is 16.6. The molecule has 0 radical (unpaired) electrons. The summed E-state index contributed by atoms with van der Waals surface area (Å²) < 4.78 is 40.1. The van der Waals surface area contributed by atoms with Crippen LogP contribution in [0.1, 0.15) is 61.1 Å². The number of rotatable bonds is 4. The van der Waals surface area contributed by atoms with Crippen LogP contribution in [0.2, 0.25) is 0 Å². The second-order valence-corrected chi connectivity index (χ2v) is 9.42. The Hall–Kier alpha value is -1.46. The summed E-state index contributed by atoms with van der Waals surface area (Å²) in [7, 11) is 0. The van der Waals surface area contributed by atoms with E-state index in [0.717, 1.165) is 48.7 Å². The second kappa shape index (κ2) is 9.13. The molecule has 2 aromatic rings. The molecule has 156 valence electrons. The van der Waals surface area contributed by atoms with Gasteiger partial charge in [0, 0.05) is 9.79 Å². The van der Waals surface area contributed by atoms with Gasteiger partial charge >= 0.3 is 6.18 Å². The van der Waals surface area contributed by atoms with Gasteiger partial charge in [0.15, 0.2) is 0 Å². The molecule has 2 atom stereocenters. The summed E-state index contributed by atoms with van der Waals surface area (Å²) in [6, 6.07) is 12.6. The first-order chi connectivity index (χ1) is 14.0.